The molecule has 2 unspecified atom stereocenters. The van der Waals surface area contributed by atoms with Crippen molar-refractivity contribution in [3.8, 4) is 5.88 Å². The highest BCUT2D eigenvalue weighted by Crippen LogP contribution is 2.51. The number of nitrogens with one attached hydrogen (secondary N) is 2. The van der Waals surface area contributed by atoms with Crippen LogP contribution in [0.4, 0.5) is 8.78 Å². The molecule has 150 valence electrons. The Morgan fingerprint density at radius 2 is 2.18 bits per heavy atom. The SMILES string of the molecule is CC(=O)NC(=N)C1CN(C(C)c2cnc(OCC(F)F)c(C)c2)C(=O)C12C=C2. The topological polar surface area (TPSA) is 95.4 Å². The Balaban J connectivity index is 1.76. The van der Waals surface area contributed by atoms with Crippen molar-refractivity contribution in [3.63, 3.8) is 0 Å². The summed E-state index contributed by atoms with van der Waals surface area (Å²) in [4.78, 5) is 30.0. The smallest absolute Gasteiger partial charge is 0.272 e. The highest BCUT2D eigenvalue weighted by Gasteiger charge is 2.59. The third-order valence-electron chi connectivity index (χ3n) is 5.12. The lowest BCUT2D eigenvalue weighted by atomic mass is 9.89. The number of hydrogen-bond acceptors (Lipinski definition) is 5. The molecule has 1 fully saturated rings. The molecular weight excluding hydrogens is 370 g/mol. The first-order chi connectivity index (χ1) is 13.2. The van der Waals surface area contributed by atoms with Crippen LogP contribution in [0.1, 0.15) is 31.0 Å². The lowest BCUT2D eigenvalue weighted by Gasteiger charge is -2.25. The quantitative estimate of drug-likeness (QED) is 0.441. The number of carbonyl (C=O) groups excluding carboxylic acids is 2. The van der Waals surface area contributed by atoms with Gasteiger partial charge in [0.2, 0.25) is 17.7 Å². The number of amides is 2. The van der Waals surface area contributed by atoms with Gasteiger partial charge in [-0.05, 0) is 25.5 Å². The molecular formula is C19H22F2N4O3. The highest BCUT2D eigenvalue weighted by molar-refractivity contribution is 6.05. The second-order valence-electron chi connectivity index (χ2n) is 7.14. The molecule has 2 N–H and O–H groups in total. The van der Waals surface area contributed by atoms with E-state index in [1.165, 1.54) is 13.1 Å². The van der Waals surface area contributed by atoms with E-state index in [4.69, 9.17) is 10.1 Å². The van der Waals surface area contributed by atoms with Gasteiger partial charge in [0.05, 0.1) is 17.4 Å². The first kappa shape index (κ1) is 19.9. The van der Waals surface area contributed by atoms with Crippen molar-refractivity contribution in [1.29, 1.82) is 5.41 Å². The number of carbonyl (C=O) groups is 2. The molecule has 3 rings (SSSR count). The normalized spacial score (nSPS) is 20.6. The number of aromatic nitrogens is 1. The van der Waals surface area contributed by atoms with Crippen LogP contribution in [0.3, 0.4) is 0 Å². The van der Waals surface area contributed by atoms with E-state index < -0.39 is 24.4 Å². The summed E-state index contributed by atoms with van der Waals surface area (Å²) < 4.78 is 29.6. The minimum absolute atomic E-state index is 0.0191. The van der Waals surface area contributed by atoms with Crippen LogP contribution in [0, 0.1) is 23.7 Å². The van der Waals surface area contributed by atoms with Gasteiger partial charge < -0.3 is 15.0 Å². The summed E-state index contributed by atoms with van der Waals surface area (Å²) in [6, 6.07) is 1.42. The summed E-state index contributed by atoms with van der Waals surface area (Å²) in [6.07, 6.45) is 2.44. The molecule has 0 aromatic carbocycles. The zero-order valence-electron chi connectivity index (χ0n) is 15.8. The predicted octanol–water partition coefficient (Wildman–Crippen LogP) is 2.22. The first-order valence-corrected chi connectivity index (χ1v) is 8.90. The predicted molar refractivity (Wildman–Crippen MR) is 97.2 cm³/mol. The molecule has 1 aromatic rings. The van der Waals surface area contributed by atoms with Gasteiger partial charge in [-0.2, -0.15) is 0 Å². The number of amidine groups is 1. The highest BCUT2D eigenvalue weighted by atomic mass is 19.3. The molecule has 2 amide bonds. The fraction of sp³-hybridized carbons (Fsp3) is 0.474. The number of aryl methyl sites for hydroxylation is 1. The van der Waals surface area contributed by atoms with Crippen molar-refractivity contribution < 1.29 is 23.1 Å². The number of hydrogen-bond donors (Lipinski definition) is 2. The summed E-state index contributed by atoms with van der Waals surface area (Å²) in [6.45, 7) is 4.43. The number of alkyl halides is 2. The lowest BCUT2D eigenvalue weighted by Crippen LogP contribution is -2.38. The van der Waals surface area contributed by atoms with Crippen molar-refractivity contribution in [2.24, 2.45) is 11.3 Å². The van der Waals surface area contributed by atoms with Gasteiger partial charge >= 0.3 is 0 Å². The summed E-state index contributed by atoms with van der Waals surface area (Å²) in [5.74, 6) is -0.774. The Morgan fingerprint density at radius 1 is 1.50 bits per heavy atom. The van der Waals surface area contributed by atoms with Gasteiger partial charge in [-0.3, -0.25) is 15.0 Å². The summed E-state index contributed by atoms with van der Waals surface area (Å²) in [5, 5.41) is 10.6. The zero-order chi connectivity index (χ0) is 20.6. The second kappa shape index (κ2) is 7.29. The Labute approximate surface area is 161 Å². The van der Waals surface area contributed by atoms with Gasteiger partial charge in [0.15, 0.2) is 6.61 Å². The zero-order valence-corrected chi connectivity index (χ0v) is 15.8. The number of nitrogens with zero attached hydrogens (tertiary/aromatic N) is 2. The van der Waals surface area contributed by atoms with Crippen LogP contribution in [-0.4, -0.2) is 47.1 Å². The average molecular weight is 392 g/mol. The van der Waals surface area contributed by atoms with E-state index in [1.54, 1.807) is 30.0 Å². The molecule has 28 heavy (non-hydrogen) atoms. The fourth-order valence-electron chi connectivity index (χ4n) is 3.52. The van der Waals surface area contributed by atoms with Crippen LogP contribution < -0.4 is 10.1 Å². The van der Waals surface area contributed by atoms with Gasteiger partial charge in [-0.1, -0.05) is 12.2 Å². The van der Waals surface area contributed by atoms with E-state index in [0.29, 0.717) is 5.56 Å². The summed E-state index contributed by atoms with van der Waals surface area (Å²) in [7, 11) is 0. The maximum atomic E-state index is 13.0. The fourth-order valence-corrected chi connectivity index (χ4v) is 3.52. The monoisotopic (exact) mass is 392 g/mol. The summed E-state index contributed by atoms with van der Waals surface area (Å²) >= 11 is 0. The molecule has 7 nitrogen and oxygen atoms in total. The van der Waals surface area contributed by atoms with Crippen molar-refractivity contribution in [3.05, 3.63) is 35.5 Å². The average Bonchev–Trinajstić information content (AvgIpc) is 3.35. The molecule has 0 bridgehead atoms. The largest absolute Gasteiger partial charge is 0.471 e. The number of ether oxygens (including phenoxy) is 1. The standard InChI is InChI=1S/C19H22F2N4O3/c1-10-6-13(7-23-17(10)28-9-15(20)21)11(2)25-8-14(16(22)24-12(3)26)19(4-5-19)18(25)27/h4-7,11,14-15H,8-9H2,1-3H3,(H2,22,24,26). The summed E-state index contributed by atoms with van der Waals surface area (Å²) in [5.41, 5.74) is 0.493. The van der Waals surface area contributed by atoms with Crippen molar-refractivity contribution in [1.82, 2.24) is 15.2 Å². The minimum atomic E-state index is -2.58. The molecule has 1 aromatic heterocycles. The van der Waals surface area contributed by atoms with E-state index in [-0.39, 0.29) is 36.1 Å². The number of likely N-dealkylation sites (tertiary alicyclic amines) is 1. The second-order valence-corrected chi connectivity index (χ2v) is 7.14. The van der Waals surface area contributed by atoms with Crippen LogP contribution in [0.15, 0.2) is 24.4 Å². The van der Waals surface area contributed by atoms with E-state index in [9.17, 15) is 18.4 Å². The van der Waals surface area contributed by atoms with Gasteiger partial charge in [-0.25, -0.2) is 13.8 Å². The van der Waals surface area contributed by atoms with Crippen LogP contribution >= 0.6 is 0 Å². The molecule has 1 aliphatic heterocycles. The van der Waals surface area contributed by atoms with Crippen LogP contribution in [-0.2, 0) is 9.59 Å². The molecule has 0 radical (unpaired) electrons. The molecule has 1 spiro atoms. The van der Waals surface area contributed by atoms with Gasteiger partial charge in [0.25, 0.3) is 6.43 Å². The third-order valence-corrected chi connectivity index (χ3v) is 5.12. The Hall–Kier alpha value is -2.84. The third kappa shape index (κ3) is 3.61. The molecule has 1 aliphatic carbocycles. The molecule has 2 aliphatic rings. The van der Waals surface area contributed by atoms with E-state index in [1.807, 2.05) is 6.92 Å². The molecule has 2 heterocycles. The van der Waals surface area contributed by atoms with E-state index in [2.05, 4.69) is 10.3 Å². The Bertz CT molecular complexity index is 850. The first-order valence-electron chi connectivity index (χ1n) is 8.90. The number of rotatable bonds is 6. The number of halogens is 2. The van der Waals surface area contributed by atoms with Crippen LogP contribution in [0.25, 0.3) is 0 Å². The maximum Gasteiger partial charge on any atom is 0.272 e. The van der Waals surface area contributed by atoms with Gasteiger partial charge in [-0.15, -0.1) is 0 Å². The molecule has 0 saturated carbocycles. The lowest BCUT2D eigenvalue weighted by molar-refractivity contribution is -0.133. The van der Waals surface area contributed by atoms with Crippen molar-refractivity contribution >= 4 is 17.6 Å². The number of pyridine rings is 1. The van der Waals surface area contributed by atoms with Gasteiger partial charge in [0.1, 0.15) is 5.84 Å². The molecule has 9 heteroatoms. The van der Waals surface area contributed by atoms with Crippen LogP contribution in [0.5, 0.6) is 5.88 Å². The minimum Gasteiger partial charge on any atom is -0.471 e. The maximum absolute atomic E-state index is 13.0. The van der Waals surface area contributed by atoms with Crippen LogP contribution in [0.2, 0.25) is 0 Å². The Morgan fingerprint density at radius 3 is 2.71 bits per heavy atom. The Kier molecular flexibility index (Phi) is 5.18. The molecule has 2 atom stereocenters. The molecule has 1 saturated heterocycles. The van der Waals surface area contributed by atoms with Crippen molar-refractivity contribution in [2.75, 3.05) is 13.2 Å². The van der Waals surface area contributed by atoms with E-state index in [0.717, 1.165) is 5.56 Å². The van der Waals surface area contributed by atoms with E-state index >= 15 is 0 Å². The van der Waals surface area contributed by atoms with Crippen molar-refractivity contribution in [2.45, 2.75) is 33.2 Å². The van der Waals surface area contributed by atoms with Gasteiger partial charge in [0, 0.05) is 25.2 Å².